The van der Waals surface area contributed by atoms with Crippen LogP contribution < -0.4 is 30.1 Å². The molecule has 0 unspecified atom stereocenters. The van der Waals surface area contributed by atoms with E-state index in [1.807, 2.05) is 0 Å². The highest BCUT2D eigenvalue weighted by Crippen LogP contribution is 2.56. The van der Waals surface area contributed by atoms with Crippen molar-refractivity contribution < 1.29 is 14.2 Å². The van der Waals surface area contributed by atoms with Crippen molar-refractivity contribution in [1.29, 1.82) is 0 Å². The Morgan fingerprint density at radius 2 is 0.971 bits per heavy atom. The van der Waals surface area contributed by atoms with Gasteiger partial charge in [0.1, 0.15) is 23.2 Å². The van der Waals surface area contributed by atoms with Crippen LogP contribution in [0.2, 0.25) is 0 Å². The summed E-state index contributed by atoms with van der Waals surface area (Å²) in [5.41, 5.74) is 1.18. The van der Waals surface area contributed by atoms with Gasteiger partial charge in [-0.1, -0.05) is 54.6 Å². The second-order valence-electron chi connectivity index (χ2n) is 8.18. The summed E-state index contributed by atoms with van der Waals surface area (Å²) in [7, 11) is 3.14. The molecule has 34 heavy (non-hydrogen) atoms. The summed E-state index contributed by atoms with van der Waals surface area (Å²) in [6.07, 6.45) is 3.03. The van der Waals surface area contributed by atoms with Gasteiger partial charge in [0.25, 0.3) is 0 Å². The Morgan fingerprint density at radius 3 is 1.32 bits per heavy atom. The molecule has 4 aromatic carbocycles. The molecule has 0 amide bonds. The summed E-state index contributed by atoms with van der Waals surface area (Å²) in [5, 5.41) is 4.24. The number of aryl methyl sites for hydroxylation is 1. The van der Waals surface area contributed by atoms with Crippen LogP contribution in [0.1, 0.15) is 12.0 Å². The molecule has 4 aromatic rings. The van der Waals surface area contributed by atoms with Gasteiger partial charge in [0.05, 0.1) is 27.5 Å². The maximum Gasteiger partial charge on any atom is 0.203 e. The topological polar surface area (TPSA) is 27.7 Å². The Kier molecular flexibility index (Phi) is 7.87. The molecule has 174 valence electrons. The van der Waals surface area contributed by atoms with Gasteiger partial charge in [-0.15, -0.1) is 0 Å². The summed E-state index contributed by atoms with van der Waals surface area (Å²) in [6, 6.07) is 37.2. The van der Waals surface area contributed by atoms with Crippen LogP contribution in [0.15, 0.2) is 103 Å². The van der Waals surface area contributed by atoms with E-state index in [-0.39, 0.29) is 0 Å². The number of hydrogen-bond acceptors (Lipinski definition) is 3. The molecule has 0 saturated carbocycles. The Bertz CT molecular complexity index is 1060. The van der Waals surface area contributed by atoms with Gasteiger partial charge in [0.2, 0.25) is 5.75 Å². The van der Waals surface area contributed by atoms with Crippen molar-refractivity contribution in [2.45, 2.75) is 12.8 Å². The molecule has 3 nitrogen and oxygen atoms in total. The van der Waals surface area contributed by atoms with Gasteiger partial charge in [-0.3, -0.25) is 0 Å². The van der Waals surface area contributed by atoms with E-state index >= 15 is 0 Å². The van der Waals surface area contributed by atoms with Gasteiger partial charge in [0.15, 0.2) is 11.5 Å². The molecule has 0 heterocycles. The molecule has 0 aliphatic heterocycles. The monoisotopic (exact) mass is 471 g/mol. The van der Waals surface area contributed by atoms with E-state index in [0.717, 1.165) is 19.0 Å². The van der Waals surface area contributed by atoms with Gasteiger partial charge >= 0.3 is 0 Å². The lowest BCUT2D eigenvalue weighted by Gasteiger charge is -2.27. The summed E-state index contributed by atoms with van der Waals surface area (Å²) >= 11 is 0. The molecule has 4 rings (SSSR count). The average Bonchev–Trinajstić information content (AvgIpc) is 2.92. The lowest BCUT2D eigenvalue weighted by Crippen LogP contribution is -2.33. The van der Waals surface area contributed by atoms with E-state index in [9.17, 15) is 0 Å². The second-order valence-corrected chi connectivity index (χ2v) is 11.8. The zero-order chi connectivity index (χ0) is 23.8. The first kappa shape index (κ1) is 23.9. The van der Waals surface area contributed by atoms with Gasteiger partial charge < -0.3 is 14.2 Å². The highest BCUT2D eigenvalue weighted by atomic mass is 31.2. The fourth-order valence-electron chi connectivity index (χ4n) is 4.68. The molecular formula is C30H32O3P+. The fraction of sp³-hybridized carbons (Fsp3) is 0.200. The first-order valence-corrected chi connectivity index (χ1v) is 13.5. The summed E-state index contributed by atoms with van der Waals surface area (Å²) in [6.45, 7) is 0. The van der Waals surface area contributed by atoms with Crippen molar-refractivity contribution in [3.05, 3.63) is 109 Å². The molecule has 4 heteroatoms. The first-order valence-electron chi connectivity index (χ1n) is 11.6. The van der Waals surface area contributed by atoms with E-state index in [1.54, 1.807) is 21.3 Å². The lowest BCUT2D eigenvalue weighted by molar-refractivity contribution is 0.324. The largest absolute Gasteiger partial charge is 0.493 e. The predicted molar refractivity (Wildman–Crippen MR) is 144 cm³/mol. The summed E-state index contributed by atoms with van der Waals surface area (Å²) in [4.78, 5) is 0. The zero-order valence-corrected chi connectivity index (χ0v) is 21.0. The Morgan fingerprint density at radius 1 is 0.559 bits per heavy atom. The van der Waals surface area contributed by atoms with Gasteiger partial charge in [-0.05, 0) is 66.9 Å². The highest BCUT2D eigenvalue weighted by Gasteiger charge is 2.44. The standard InChI is InChI=1S/C30H32O3P/c1-31-28-22-24(23-29(32-2)30(28)33-3)14-13-21-34(25-15-7-4-8-16-25,26-17-9-5-10-18-26)27-19-11-6-12-20-27/h4-12,15-20,22-23H,13-14,21H2,1-3H3/q+1. The van der Waals surface area contributed by atoms with E-state index in [2.05, 4.69) is 103 Å². The minimum Gasteiger partial charge on any atom is -0.493 e. The van der Waals surface area contributed by atoms with E-state index in [1.165, 1.54) is 21.5 Å². The van der Waals surface area contributed by atoms with Gasteiger partial charge in [0, 0.05) is 0 Å². The van der Waals surface area contributed by atoms with Crippen LogP contribution in [-0.4, -0.2) is 27.5 Å². The second kappa shape index (κ2) is 11.2. The highest BCUT2D eigenvalue weighted by molar-refractivity contribution is 7.95. The number of ether oxygens (including phenoxy) is 3. The molecule has 0 bridgehead atoms. The van der Waals surface area contributed by atoms with E-state index in [4.69, 9.17) is 14.2 Å². The molecule has 0 aromatic heterocycles. The van der Waals surface area contributed by atoms with Crippen LogP contribution in [0, 0.1) is 0 Å². The Labute approximate surface area is 203 Å². The van der Waals surface area contributed by atoms with Crippen molar-refractivity contribution in [1.82, 2.24) is 0 Å². The number of rotatable bonds is 10. The molecule has 0 atom stereocenters. The summed E-state index contributed by atoms with van der Waals surface area (Å²) in [5.74, 6) is 2.03. The molecule has 0 aliphatic rings. The van der Waals surface area contributed by atoms with Crippen LogP contribution in [0.4, 0.5) is 0 Å². The molecular weight excluding hydrogens is 439 g/mol. The molecule has 0 saturated heterocycles. The first-order chi connectivity index (χ1) is 16.7. The minimum absolute atomic E-state index is 0.633. The fourth-order valence-corrected chi connectivity index (χ4v) is 9.03. The Balaban J connectivity index is 1.73. The SMILES string of the molecule is COc1cc(CCC[P+](c2ccccc2)(c2ccccc2)c2ccccc2)cc(OC)c1OC. The predicted octanol–water partition coefficient (Wildman–Crippen LogP) is 5.64. The Hall–Kier alpha value is -3.29. The van der Waals surface area contributed by atoms with Gasteiger partial charge in [-0.2, -0.15) is 0 Å². The van der Waals surface area contributed by atoms with Crippen molar-refractivity contribution in [2.75, 3.05) is 27.5 Å². The minimum atomic E-state index is -1.83. The van der Waals surface area contributed by atoms with Crippen LogP contribution >= 0.6 is 7.26 Å². The molecule has 0 N–H and O–H groups in total. The lowest BCUT2D eigenvalue weighted by atomic mass is 10.1. The average molecular weight is 472 g/mol. The molecule has 0 radical (unpaired) electrons. The van der Waals surface area contributed by atoms with Crippen LogP contribution in [0.25, 0.3) is 0 Å². The molecule has 0 aliphatic carbocycles. The molecule has 0 spiro atoms. The van der Waals surface area contributed by atoms with Crippen LogP contribution in [0.5, 0.6) is 17.2 Å². The number of benzene rings is 4. The van der Waals surface area contributed by atoms with E-state index in [0.29, 0.717) is 17.2 Å². The van der Waals surface area contributed by atoms with Crippen molar-refractivity contribution in [3.63, 3.8) is 0 Å². The third-order valence-corrected chi connectivity index (χ3v) is 10.8. The van der Waals surface area contributed by atoms with Crippen molar-refractivity contribution in [3.8, 4) is 17.2 Å². The maximum absolute atomic E-state index is 5.58. The maximum atomic E-state index is 5.58. The third-order valence-electron chi connectivity index (χ3n) is 6.27. The normalized spacial score (nSPS) is 11.1. The molecule has 0 fully saturated rings. The van der Waals surface area contributed by atoms with E-state index < -0.39 is 7.26 Å². The van der Waals surface area contributed by atoms with Crippen LogP contribution in [-0.2, 0) is 6.42 Å². The number of methoxy groups -OCH3 is 3. The quantitative estimate of drug-likeness (QED) is 0.280. The zero-order valence-electron chi connectivity index (χ0n) is 20.1. The van der Waals surface area contributed by atoms with Crippen molar-refractivity contribution in [2.24, 2.45) is 0 Å². The summed E-state index contributed by atoms with van der Waals surface area (Å²) < 4.78 is 16.7. The van der Waals surface area contributed by atoms with Gasteiger partial charge in [-0.25, -0.2) is 0 Å². The van der Waals surface area contributed by atoms with Crippen LogP contribution in [0.3, 0.4) is 0 Å². The smallest absolute Gasteiger partial charge is 0.203 e. The number of hydrogen-bond donors (Lipinski definition) is 0. The third kappa shape index (κ3) is 4.81. The van der Waals surface area contributed by atoms with Crippen molar-refractivity contribution >= 4 is 23.2 Å².